The molecule has 6 nitrogen and oxygen atoms in total. The fourth-order valence-corrected chi connectivity index (χ4v) is 5.18. The zero-order chi connectivity index (χ0) is 20.7. The first kappa shape index (κ1) is 19.1. The van der Waals surface area contributed by atoms with E-state index in [0.29, 0.717) is 31.7 Å². The number of carbonyl (C=O) groups is 2. The summed E-state index contributed by atoms with van der Waals surface area (Å²) in [7, 11) is 1.69. The third-order valence-corrected chi connectivity index (χ3v) is 6.71. The van der Waals surface area contributed by atoms with Gasteiger partial charge in [0.2, 0.25) is 5.91 Å². The predicted molar refractivity (Wildman–Crippen MR) is 112 cm³/mol. The van der Waals surface area contributed by atoms with Crippen LogP contribution in [0.15, 0.2) is 42.5 Å². The van der Waals surface area contributed by atoms with E-state index in [0.717, 1.165) is 36.1 Å². The van der Waals surface area contributed by atoms with Crippen LogP contribution >= 0.6 is 0 Å². The topological polar surface area (TPSA) is 67.9 Å². The summed E-state index contributed by atoms with van der Waals surface area (Å²) in [6.07, 6.45) is 2.87. The van der Waals surface area contributed by atoms with Crippen molar-refractivity contribution in [3.63, 3.8) is 0 Å². The smallest absolute Gasteiger partial charge is 0.252 e. The Morgan fingerprint density at radius 1 is 1.13 bits per heavy atom. The lowest BCUT2D eigenvalue weighted by Gasteiger charge is -2.46. The van der Waals surface area contributed by atoms with Crippen molar-refractivity contribution in [3.8, 4) is 5.75 Å². The first-order valence-electron chi connectivity index (χ1n) is 10.6. The zero-order valence-electron chi connectivity index (χ0n) is 17.1. The molecule has 0 radical (unpaired) electrons. The van der Waals surface area contributed by atoms with Crippen LogP contribution in [0.1, 0.15) is 39.9 Å². The number of hydrogen-bond acceptors (Lipinski definition) is 4. The highest BCUT2D eigenvalue weighted by Crippen LogP contribution is 2.45. The van der Waals surface area contributed by atoms with Crippen molar-refractivity contribution >= 4 is 11.8 Å². The van der Waals surface area contributed by atoms with E-state index in [2.05, 4.69) is 11.4 Å². The zero-order valence-corrected chi connectivity index (χ0v) is 17.1. The quantitative estimate of drug-likeness (QED) is 0.832. The van der Waals surface area contributed by atoms with E-state index in [4.69, 9.17) is 9.47 Å². The summed E-state index contributed by atoms with van der Waals surface area (Å²) < 4.78 is 12.0. The van der Waals surface area contributed by atoms with Crippen molar-refractivity contribution in [2.24, 2.45) is 0 Å². The standard InChI is InChI=1S/C24H26N2O4/c1-29-20-8-4-6-16-9-14-30-24(21(16)20)10-12-26(13-11-24)23(28)19-15-17-5-2-3-7-18(17)22(27)25-19/h2-8,19H,9-15H2,1H3,(H,25,27). The molecule has 2 aromatic carbocycles. The molecule has 5 rings (SSSR count). The van der Waals surface area contributed by atoms with Crippen LogP contribution in [0.5, 0.6) is 5.75 Å². The number of amides is 2. The van der Waals surface area contributed by atoms with Gasteiger partial charge in [-0.2, -0.15) is 0 Å². The van der Waals surface area contributed by atoms with Crippen LogP contribution < -0.4 is 10.1 Å². The molecule has 1 fully saturated rings. The van der Waals surface area contributed by atoms with E-state index >= 15 is 0 Å². The minimum atomic E-state index is -0.504. The van der Waals surface area contributed by atoms with E-state index in [1.165, 1.54) is 5.56 Å². The van der Waals surface area contributed by atoms with Gasteiger partial charge < -0.3 is 19.7 Å². The minimum Gasteiger partial charge on any atom is -0.496 e. The van der Waals surface area contributed by atoms with Crippen molar-refractivity contribution in [2.45, 2.75) is 37.3 Å². The average molecular weight is 406 g/mol. The molecule has 1 atom stereocenters. The molecule has 1 spiro atoms. The summed E-state index contributed by atoms with van der Waals surface area (Å²) in [4.78, 5) is 27.5. The highest BCUT2D eigenvalue weighted by Gasteiger charge is 2.44. The summed E-state index contributed by atoms with van der Waals surface area (Å²) >= 11 is 0. The third-order valence-electron chi connectivity index (χ3n) is 6.71. The second-order valence-corrected chi connectivity index (χ2v) is 8.30. The predicted octanol–water partition coefficient (Wildman–Crippen LogP) is 2.44. The number of methoxy groups -OCH3 is 1. The van der Waals surface area contributed by atoms with Crippen molar-refractivity contribution in [1.29, 1.82) is 0 Å². The fraction of sp³-hybridized carbons (Fsp3) is 0.417. The summed E-state index contributed by atoms with van der Waals surface area (Å²) in [5.74, 6) is 0.685. The Kier molecular flexibility index (Phi) is 4.74. The Morgan fingerprint density at radius 2 is 1.90 bits per heavy atom. The number of carbonyl (C=O) groups excluding carboxylic acids is 2. The molecular formula is C24H26N2O4. The normalized spacial score (nSPS) is 22.1. The maximum atomic E-state index is 13.2. The lowest BCUT2D eigenvalue weighted by molar-refractivity contribution is -0.142. The molecule has 0 saturated carbocycles. The number of fused-ring (bicyclic) bond motifs is 3. The highest BCUT2D eigenvalue weighted by atomic mass is 16.5. The van der Waals surface area contributed by atoms with Crippen LogP contribution in [0.3, 0.4) is 0 Å². The van der Waals surface area contributed by atoms with Gasteiger partial charge in [-0.15, -0.1) is 0 Å². The largest absolute Gasteiger partial charge is 0.496 e. The maximum absolute atomic E-state index is 13.2. The van der Waals surface area contributed by atoms with Crippen LogP contribution in [-0.2, 0) is 28.0 Å². The number of nitrogens with one attached hydrogen (secondary N) is 1. The Balaban J connectivity index is 1.33. The van der Waals surface area contributed by atoms with Crippen LogP contribution in [0.25, 0.3) is 0 Å². The summed E-state index contributed by atoms with van der Waals surface area (Å²) in [5.41, 5.74) is 3.61. The summed E-state index contributed by atoms with van der Waals surface area (Å²) in [5, 5.41) is 2.89. The van der Waals surface area contributed by atoms with Gasteiger partial charge in [0, 0.05) is 30.6 Å². The van der Waals surface area contributed by atoms with Crippen LogP contribution in [-0.4, -0.2) is 49.6 Å². The van der Waals surface area contributed by atoms with Crippen molar-refractivity contribution in [3.05, 3.63) is 64.7 Å². The molecule has 6 heteroatoms. The molecule has 156 valence electrons. The fourth-order valence-electron chi connectivity index (χ4n) is 5.18. The molecule has 2 amide bonds. The Labute approximate surface area is 176 Å². The molecule has 1 saturated heterocycles. The molecule has 2 aromatic rings. The number of nitrogens with zero attached hydrogens (tertiary/aromatic N) is 1. The molecule has 3 aliphatic heterocycles. The lowest BCUT2D eigenvalue weighted by atomic mass is 9.78. The Bertz CT molecular complexity index is 980. The molecule has 30 heavy (non-hydrogen) atoms. The van der Waals surface area contributed by atoms with Gasteiger partial charge in [0.05, 0.1) is 13.7 Å². The minimum absolute atomic E-state index is 0.0104. The van der Waals surface area contributed by atoms with Crippen molar-refractivity contribution < 1.29 is 19.1 Å². The van der Waals surface area contributed by atoms with Gasteiger partial charge >= 0.3 is 0 Å². The van der Waals surface area contributed by atoms with Gasteiger partial charge in [0.1, 0.15) is 17.4 Å². The number of piperidine rings is 1. The molecule has 1 unspecified atom stereocenters. The highest BCUT2D eigenvalue weighted by molar-refractivity contribution is 6.00. The van der Waals surface area contributed by atoms with Gasteiger partial charge in [0.15, 0.2) is 0 Å². The molecule has 0 aliphatic carbocycles. The van der Waals surface area contributed by atoms with Crippen molar-refractivity contribution in [2.75, 3.05) is 26.8 Å². The van der Waals surface area contributed by atoms with E-state index in [1.807, 2.05) is 35.2 Å². The monoisotopic (exact) mass is 406 g/mol. The van der Waals surface area contributed by atoms with Gasteiger partial charge in [0.25, 0.3) is 5.91 Å². The number of ether oxygens (including phenoxy) is 2. The lowest BCUT2D eigenvalue weighted by Crippen LogP contribution is -2.56. The van der Waals surface area contributed by atoms with E-state index in [1.54, 1.807) is 13.2 Å². The number of rotatable bonds is 2. The maximum Gasteiger partial charge on any atom is 0.252 e. The van der Waals surface area contributed by atoms with Gasteiger partial charge in [-0.25, -0.2) is 0 Å². The van der Waals surface area contributed by atoms with E-state index in [9.17, 15) is 9.59 Å². The Hall–Kier alpha value is -2.86. The molecule has 0 bridgehead atoms. The molecule has 0 aromatic heterocycles. The Morgan fingerprint density at radius 3 is 2.70 bits per heavy atom. The van der Waals surface area contributed by atoms with Crippen molar-refractivity contribution in [1.82, 2.24) is 10.2 Å². The van der Waals surface area contributed by atoms with E-state index < -0.39 is 11.6 Å². The third kappa shape index (κ3) is 3.06. The molecule has 1 N–H and O–H groups in total. The van der Waals surface area contributed by atoms with Gasteiger partial charge in [-0.3, -0.25) is 9.59 Å². The number of hydrogen-bond donors (Lipinski definition) is 1. The first-order chi connectivity index (χ1) is 14.6. The second-order valence-electron chi connectivity index (χ2n) is 8.30. The number of likely N-dealkylation sites (tertiary alicyclic amines) is 1. The van der Waals surface area contributed by atoms with E-state index in [-0.39, 0.29) is 11.8 Å². The molecule has 3 heterocycles. The SMILES string of the molecule is COc1cccc2c1C1(CCN(C(=O)C3Cc4ccccc4C(=O)N3)CC1)OCC2. The van der Waals surface area contributed by atoms with Crippen LogP contribution in [0.4, 0.5) is 0 Å². The molecule has 3 aliphatic rings. The average Bonchev–Trinajstić information content (AvgIpc) is 2.79. The number of benzene rings is 2. The van der Waals surface area contributed by atoms with Gasteiger partial charge in [-0.05, 0) is 42.5 Å². The first-order valence-corrected chi connectivity index (χ1v) is 10.6. The molecular weight excluding hydrogens is 380 g/mol. The van der Waals surface area contributed by atoms with Gasteiger partial charge in [-0.1, -0.05) is 30.3 Å². The second kappa shape index (κ2) is 7.43. The van der Waals surface area contributed by atoms with Crippen LogP contribution in [0.2, 0.25) is 0 Å². The van der Waals surface area contributed by atoms with Crippen LogP contribution in [0, 0.1) is 0 Å². The summed E-state index contributed by atoms with van der Waals surface area (Å²) in [6, 6.07) is 13.2. The summed E-state index contributed by atoms with van der Waals surface area (Å²) in [6.45, 7) is 1.89.